The molecule has 5 rings (SSSR count). The van der Waals surface area contributed by atoms with E-state index >= 15 is 0 Å². The number of anilines is 1. The maximum Gasteiger partial charge on any atom is 0.344 e. The van der Waals surface area contributed by atoms with Gasteiger partial charge in [0, 0.05) is 10.9 Å². The Balaban J connectivity index is 1.03. The van der Waals surface area contributed by atoms with Gasteiger partial charge < -0.3 is 14.2 Å². The van der Waals surface area contributed by atoms with Crippen LogP contribution in [0.3, 0.4) is 0 Å². The van der Waals surface area contributed by atoms with E-state index in [0.717, 1.165) is 27.9 Å². The monoisotopic (exact) mass is 550 g/mol. The van der Waals surface area contributed by atoms with Crippen molar-refractivity contribution in [1.82, 2.24) is 4.98 Å². The van der Waals surface area contributed by atoms with E-state index in [9.17, 15) is 9.59 Å². The Morgan fingerprint density at radius 3 is 1.98 bits per heavy atom. The van der Waals surface area contributed by atoms with Gasteiger partial charge in [-0.2, -0.15) is 0 Å². The minimum absolute atomic E-state index is 0.322. The van der Waals surface area contributed by atoms with E-state index in [4.69, 9.17) is 14.2 Å². The molecular formula is C32H26N2O5S. The van der Waals surface area contributed by atoms with E-state index in [1.807, 2.05) is 78.2 Å². The smallest absolute Gasteiger partial charge is 0.344 e. The van der Waals surface area contributed by atoms with Crippen LogP contribution in [0.25, 0.3) is 22.4 Å². The van der Waals surface area contributed by atoms with Crippen molar-refractivity contribution in [2.75, 3.05) is 18.5 Å². The molecule has 0 atom stereocenters. The molecule has 0 unspecified atom stereocenters. The van der Waals surface area contributed by atoms with E-state index in [1.54, 1.807) is 24.3 Å². The van der Waals surface area contributed by atoms with Crippen molar-refractivity contribution in [3.05, 3.63) is 120 Å². The van der Waals surface area contributed by atoms with E-state index in [1.165, 1.54) is 11.3 Å². The molecule has 1 amide bonds. The molecule has 200 valence electrons. The number of hydrogen-bond acceptors (Lipinski definition) is 7. The zero-order chi connectivity index (χ0) is 27.6. The van der Waals surface area contributed by atoms with Gasteiger partial charge in [0.2, 0.25) is 0 Å². The van der Waals surface area contributed by atoms with Crippen LogP contribution in [0.15, 0.2) is 115 Å². The van der Waals surface area contributed by atoms with Crippen molar-refractivity contribution < 1.29 is 23.8 Å². The molecule has 0 aliphatic heterocycles. The Morgan fingerprint density at radius 2 is 1.27 bits per heavy atom. The van der Waals surface area contributed by atoms with Crippen molar-refractivity contribution in [2.45, 2.75) is 6.61 Å². The van der Waals surface area contributed by atoms with Gasteiger partial charge in [-0.25, -0.2) is 9.78 Å². The third-order valence-corrected chi connectivity index (χ3v) is 6.59. The summed E-state index contributed by atoms with van der Waals surface area (Å²) in [5.74, 6) is 0.0389. The highest BCUT2D eigenvalue weighted by Gasteiger charge is 2.12. The first-order chi connectivity index (χ1) is 19.6. The standard InChI is InChI=1S/C32H26N2O5S/c35-30(34-32-33-29(22-40-32)26-13-11-25(12-14-26)24-9-5-2-6-10-24)20-39-31(36)21-38-28-17-15-27(16-18-28)37-19-23-7-3-1-4-8-23/h1-18,22H,19-21H2,(H,33,34,35). The molecule has 1 N–H and O–H groups in total. The normalized spacial score (nSPS) is 10.5. The van der Waals surface area contributed by atoms with E-state index in [-0.39, 0.29) is 6.61 Å². The summed E-state index contributed by atoms with van der Waals surface area (Å²) in [6, 6.07) is 35.0. The molecule has 5 aromatic rings. The summed E-state index contributed by atoms with van der Waals surface area (Å²) < 4.78 is 16.2. The quantitative estimate of drug-likeness (QED) is 0.186. The van der Waals surface area contributed by atoms with Crippen molar-refractivity contribution in [2.24, 2.45) is 0 Å². The molecule has 1 heterocycles. The second-order valence-electron chi connectivity index (χ2n) is 8.72. The number of aromatic nitrogens is 1. The minimum Gasteiger partial charge on any atom is -0.489 e. The van der Waals surface area contributed by atoms with Crippen LogP contribution in [0.4, 0.5) is 5.13 Å². The fourth-order valence-electron chi connectivity index (χ4n) is 3.79. The maximum absolute atomic E-state index is 12.3. The summed E-state index contributed by atoms with van der Waals surface area (Å²) in [6.45, 7) is -0.299. The Morgan fingerprint density at radius 1 is 0.675 bits per heavy atom. The fraction of sp³-hybridized carbons (Fsp3) is 0.0938. The first-order valence-electron chi connectivity index (χ1n) is 12.6. The first-order valence-corrected chi connectivity index (χ1v) is 13.5. The second-order valence-corrected chi connectivity index (χ2v) is 9.58. The second kappa shape index (κ2) is 13.2. The van der Waals surface area contributed by atoms with Gasteiger partial charge >= 0.3 is 5.97 Å². The van der Waals surface area contributed by atoms with Crippen LogP contribution in [0.2, 0.25) is 0 Å². The molecule has 0 bridgehead atoms. The van der Waals surface area contributed by atoms with Crippen LogP contribution in [0.1, 0.15) is 5.56 Å². The lowest BCUT2D eigenvalue weighted by Gasteiger charge is -2.09. The maximum atomic E-state index is 12.3. The molecule has 0 spiro atoms. The third kappa shape index (κ3) is 7.55. The first kappa shape index (κ1) is 26.6. The lowest BCUT2D eigenvalue weighted by molar-refractivity contribution is -0.149. The van der Waals surface area contributed by atoms with Gasteiger partial charge in [-0.15, -0.1) is 11.3 Å². The van der Waals surface area contributed by atoms with Crippen LogP contribution in [-0.4, -0.2) is 30.1 Å². The van der Waals surface area contributed by atoms with Crippen molar-refractivity contribution >= 4 is 28.3 Å². The number of benzene rings is 4. The predicted molar refractivity (Wildman–Crippen MR) is 155 cm³/mol. The highest BCUT2D eigenvalue weighted by Crippen LogP contribution is 2.27. The zero-order valence-corrected chi connectivity index (χ0v) is 22.3. The number of carbonyl (C=O) groups excluding carboxylic acids is 2. The Hall–Kier alpha value is -4.95. The van der Waals surface area contributed by atoms with Crippen LogP contribution in [0, 0.1) is 0 Å². The summed E-state index contributed by atoms with van der Waals surface area (Å²) in [4.78, 5) is 28.8. The number of esters is 1. The molecule has 4 aromatic carbocycles. The lowest BCUT2D eigenvalue weighted by atomic mass is 10.0. The molecule has 0 saturated carbocycles. The predicted octanol–water partition coefficient (Wildman–Crippen LogP) is 6.62. The molecule has 0 fully saturated rings. The average molecular weight is 551 g/mol. The summed E-state index contributed by atoms with van der Waals surface area (Å²) >= 11 is 1.30. The van der Waals surface area contributed by atoms with Crippen LogP contribution < -0.4 is 14.8 Å². The number of nitrogens with one attached hydrogen (secondary N) is 1. The van der Waals surface area contributed by atoms with Gasteiger partial charge in [-0.1, -0.05) is 84.9 Å². The van der Waals surface area contributed by atoms with E-state index in [0.29, 0.717) is 23.2 Å². The molecule has 0 saturated heterocycles. The van der Waals surface area contributed by atoms with E-state index < -0.39 is 18.5 Å². The topological polar surface area (TPSA) is 86.8 Å². The number of carbonyl (C=O) groups is 2. The SMILES string of the molecule is O=C(COC(=O)COc1ccc(OCc2ccccc2)cc1)Nc1nc(-c2ccc(-c3ccccc3)cc2)cs1. The minimum atomic E-state index is -0.655. The van der Waals surface area contributed by atoms with Crippen LogP contribution in [0.5, 0.6) is 11.5 Å². The van der Waals surface area contributed by atoms with Gasteiger partial charge in [-0.05, 0) is 41.0 Å². The third-order valence-electron chi connectivity index (χ3n) is 5.83. The number of amides is 1. The van der Waals surface area contributed by atoms with Gasteiger partial charge in [0.05, 0.1) is 5.69 Å². The summed E-state index contributed by atoms with van der Waals surface area (Å²) in [6.07, 6.45) is 0. The van der Waals surface area contributed by atoms with Gasteiger partial charge in [0.25, 0.3) is 5.91 Å². The zero-order valence-electron chi connectivity index (χ0n) is 21.5. The number of nitrogens with zero attached hydrogens (tertiary/aromatic N) is 1. The fourth-order valence-corrected chi connectivity index (χ4v) is 4.52. The lowest BCUT2D eigenvalue weighted by Crippen LogP contribution is -2.23. The molecule has 1 aromatic heterocycles. The van der Waals surface area contributed by atoms with Crippen LogP contribution in [-0.2, 0) is 20.9 Å². The molecule has 7 nitrogen and oxygen atoms in total. The summed E-state index contributed by atoms with van der Waals surface area (Å²) in [5.41, 5.74) is 5.02. The Bertz CT molecular complexity index is 1540. The van der Waals surface area contributed by atoms with Gasteiger partial charge in [0.15, 0.2) is 18.3 Å². The highest BCUT2D eigenvalue weighted by molar-refractivity contribution is 7.14. The highest BCUT2D eigenvalue weighted by atomic mass is 32.1. The number of thiazole rings is 1. The number of ether oxygens (including phenoxy) is 3. The van der Waals surface area contributed by atoms with Gasteiger partial charge in [-0.3, -0.25) is 10.1 Å². The Kier molecular flexibility index (Phi) is 8.80. The van der Waals surface area contributed by atoms with Crippen molar-refractivity contribution in [1.29, 1.82) is 0 Å². The largest absolute Gasteiger partial charge is 0.489 e. The number of hydrogen-bond donors (Lipinski definition) is 1. The summed E-state index contributed by atoms with van der Waals surface area (Å²) in [5, 5.41) is 4.96. The van der Waals surface area contributed by atoms with Crippen LogP contribution >= 0.6 is 11.3 Å². The molecule has 0 radical (unpaired) electrons. The molecule has 40 heavy (non-hydrogen) atoms. The molecule has 8 heteroatoms. The van der Waals surface area contributed by atoms with Crippen molar-refractivity contribution in [3.8, 4) is 33.9 Å². The van der Waals surface area contributed by atoms with Gasteiger partial charge in [0.1, 0.15) is 18.1 Å². The van der Waals surface area contributed by atoms with E-state index in [2.05, 4.69) is 22.4 Å². The average Bonchev–Trinajstić information content (AvgIpc) is 3.48. The molecule has 0 aliphatic rings. The van der Waals surface area contributed by atoms with Crippen molar-refractivity contribution in [3.63, 3.8) is 0 Å². The summed E-state index contributed by atoms with van der Waals surface area (Å²) in [7, 11) is 0. The Labute approximate surface area is 236 Å². The molecular weight excluding hydrogens is 524 g/mol. The number of rotatable bonds is 11. The molecule has 0 aliphatic carbocycles.